The van der Waals surface area contributed by atoms with Gasteiger partial charge in [0.25, 0.3) is 0 Å². The second-order valence-corrected chi connectivity index (χ2v) is 3.69. The standard InChI is InChI=1S/C12H13ClO5/c1-2-17-12(16)8-3-4-9(14)10(7-8)18-11(15)5-6-13/h3-4,7,14H,2,5-6H2,1H3. The van der Waals surface area contributed by atoms with Crippen LogP contribution in [-0.2, 0) is 9.53 Å². The molecule has 1 aromatic carbocycles. The lowest BCUT2D eigenvalue weighted by Gasteiger charge is -2.07. The van der Waals surface area contributed by atoms with Crippen molar-refractivity contribution in [3.63, 3.8) is 0 Å². The van der Waals surface area contributed by atoms with Crippen LogP contribution in [-0.4, -0.2) is 29.5 Å². The number of hydrogen-bond acceptors (Lipinski definition) is 5. The average molecular weight is 273 g/mol. The van der Waals surface area contributed by atoms with E-state index in [1.165, 1.54) is 18.2 Å². The Morgan fingerprint density at radius 3 is 2.72 bits per heavy atom. The number of carbonyl (C=O) groups is 2. The molecular formula is C12H13ClO5. The van der Waals surface area contributed by atoms with Crippen molar-refractivity contribution in [3.05, 3.63) is 23.8 Å². The van der Waals surface area contributed by atoms with Gasteiger partial charge >= 0.3 is 11.9 Å². The van der Waals surface area contributed by atoms with E-state index < -0.39 is 11.9 Å². The van der Waals surface area contributed by atoms with E-state index in [1.54, 1.807) is 6.92 Å². The van der Waals surface area contributed by atoms with Gasteiger partial charge in [0.2, 0.25) is 0 Å². The van der Waals surface area contributed by atoms with Crippen molar-refractivity contribution >= 4 is 23.5 Å². The van der Waals surface area contributed by atoms with Gasteiger partial charge in [0, 0.05) is 5.88 Å². The average Bonchev–Trinajstić information content (AvgIpc) is 2.32. The summed E-state index contributed by atoms with van der Waals surface area (Å²) >= 11 is 5.39. The fourth-order valence-corrected chi connectivity index (χ4v) is 1.34. The molecule has 6 heteroatoms. The van der Waals surface area contributed by atoms with Gasteiger partial charge in [-0.05, 0) is 25.1 Å². The van der Waals surface area contributed by atoms with Crippen LogP contribution in [0.3, 0.4) is 0 Å². The van der Waals surface area contributed by atoms with E-state index in [-0.39, 0.29) is 36.0 Å². The predicted octanol–water partition coefficient (Wildman–Crippen LogP) is 2.10. The van der Waals surface area contributed by atoms with Gasteiger partial charge in [-0.2, -0.15) is 0 Å². The van der Waals surface area contributed by atoms with E-state index in [0.717, 1.165) is 0 Å². The number of aromatic hydroxyl groups is 1. The van der Waals surface area contributed by atoms with E-state index in [9.17, 15) is 14.7 Å². The minimum absolute atomic E-state index is 0.0185. The summed E-state index contributed by atoms with van der Waals surface area (Å²) in [5.74, 6) is -1.33. The zero-order valence-corrected chi connectivity index (χ0v) is 10.6. The maximum Gasteiger partial charge on any atom is 0.338 e. The first-order chi connectivity index (χ1) is 8.58. The summed E-state index contributed by atoms with van der Waals surface area (Å²) in [6.45, 7) is 1.92. The summed E-state index contributed by atoms with van der Waals surface area (Å²) < 4.78 is 9.67. The number of benzene rings is 1. The van der Waals surface area contributed by atoms with E-state index in [1.807, 2.05) is 0 Å². The van der Waals surface area contributed by atoms with Crippen LogP contribution >= 0.6 is 11.6 Å². The monoisotopic (exact) mass is 272 g/mol. The summed E-state index contributed by atoms with van der Waals surface area (Å²) in [4.78, 5) is 22.7. The van der Waals surface area contributed by atoms with Crippen molar-refractivity contribution in [2.24, 2.45) is 0 Å². The molecule has 0 atom stereocenters. The van der Waals surface area contributed by atoms with Gasteiger partial charge in [-0.25, -0.2) is 4.79 Å². The molecule has 1 aromatic rings. The second-order valence-electron chi connectivity index (χ2n) is 3.32. The highest BCUT2D eigenvalue weighted by atomic mass is 35.5. The molecule has 0 aliphatic rings. The summed E-state index contributed by atoms with van der Waals surface area (Å²) in [7, 11) is 0. The summed E-state index contributed by atoms with van der Waals surface area (Å²) in [5, 5.41) is 9.50. The number of phenols is 1. The number of alkyl halides is 1. The number of halogens is 1. The van der Waals surface area contributed by atoms with Crippen LogP contribution in [0.4, 0.5) is 0 Å². The molecule has 0 amide bonds. The Kier molecular flexibility index (Phi) is 5.45. The van der Waals surface area contributed by atoms with Crippen molar-refractivity contribution in [3.8, 4) is 11.5 Å². The molecule has 1 N–H and O–H groups in total. The Bertz CT molecular complexity index is 444. The number of rotatable bonds is 5. The zero-order chi connectivity index (χ0) is 13.5. The largest absolute Gasteiger partial charge is 0.504 e. The fourth-order valence-electron chi connectivity index (χ4n) is 1.19. The number of phenolic OH excluding ortho intramolecular Hbond substituents is 1. The molecule has 0 aromatic heterocycles. The molecule has 0 saturated heterocycles. The highest BCUT2D eigenvalue weighted by molar-refractivity contribution is 6.18. The molecule has 0 fully saturated rings. The molecule has 0 aliphatic heterocycles. The highest BCUT2D eigenvalue weighted by Crippen LogP contribution is 2.27. The Morgan fingerprint density at radius 1 is 1.39 bits per heavy atom. The molecule has 98 valence electrons. The lowest BCUT2D eigenvalue weighted by atomic mass is 10.2. The topological polar surface area (TPSA) is 72.8 Å². The van der Waals surface area contributed by atoms with Gasteiger partial charge in [-0.3, -0.25) is 4.79 Å². The molecule has 18 heavy (non-hydrogen) atoms. The van der Waals surface area contributed by atoms with Gasteiger partial charge < -0.3 is 14.6 Å². The lowest BCUT2D eigenvalue weighted by Crippen LogP contribution is -2.10. The molecule has 1 rings (SSSR count). The van der Waals surface area contributed by atoms with Crippen LogP contribution < -0.4 is 4.74 Å². The number of hydrogen-bond donors (Lipinski definition) is 1. The van der Waals surface area contributed by atoms with Crippen molar-refractivity contribution in [1.29, 1.82) is 0 Å². The van der Waals surface area contributed by atoms with Crippen LogP contribution in [0.5, 0.6) is 11.5 Å². The molecule has 0 bridgehead atoms. The molecule has 0 spiro atoms. The minimum atomic E-state index is -0.582. The summed E-state index contributed by atoms with van der Waals surface area (Å²) in [6.07, 6.45) is 0.0185. The third-order valence-electron chi connectivity index (χ3n) is 1.99. The van der Waals surface area contributed by atoms with Crippen LogP contribution in [0.1, 0.15) is 23.7 Å². The van der Waals surface area contributed by atoms with Gasteiger partial charge in [0.15, 0.2) is 11.5 Å². The maximum absolute atomic E-state index is 11.5. The van der Waals surface area contributed by atoms with Crippen LogP contribution in [0.15, 0.2) is 18.2 Å². The first-order valence-corrected chi connectivity index (χ1v) is 5.88. The van der Waals surface area contributed by atoms with Crippen molar-refractivity contribution in [2.75, 3.05) is 12.5 Å². The zero-order valence-electron chi connectivity index (χ0n) is 9.81. The minimum Gasteiger partial charge on any atom is -0.504 e. The lowest BCUT2D eigenvalue weighted by molar-refractivity contribution is -0.134. The fraction of sp³-hybridized carbons (Fsp3) is 0.333. The van der Waals surface area contributed by atoms with Crippen molar-refractivity contribution < 1.29 is 24.2 Å². The molecule has 0 saturated carbocycles. The SMILES string of the molecule is CCOC(=O)c1ccc(O)c(OC(=O)CCCl)c1. The van der Waals surface area contributed by atoms with Gasteiger partial charge in [-0.1, -0.05) is 0 Å². The van der Waals surface area contributed by atoms with Crippen LogP contribution in [0.2, 0.25) is 0 Å². The Hall–Kier alpha value is -1.75. The second kappa shape index (κ2) is 6.86. The van der Waals surface area contributed by atoms with E-state index in [4.69, 9.17) is 21.1 Å². The summed E-state index contributed by atoms with van der Waals surface area (Å²) in [5.41, 5.74) is 0.198. The maximum atomic E-state index is 11.5. The predicted molar refractivity (Wildman–Crippen MR) is 65.0 cm³/mol. The van der Waals surface area contributed by atoms with E-state index in [0.29, 0.717) is 0 Å². The molecule has 0 aliphatic carbocycles. The van der Waals surface area contributed by atoms with Gasteiger partial charge in [0.1, 0.15) is 0 Å². The Morgan fingerprint density at radius 2 is 2.11 bits per heavy atom. The smallest absolute Gasteiger partial charge is 0.338 e. The number of esters is 2. The molecular weight excluding hydrogens is 260 g/mol. The number of carbonyl (C=O) groups excluding carboxylic acids is 2. The third-order valence-corrected chi connectivity index (χ3v) is 2.18. The first-order valence-electron chi connectivity index (χ1n) is 5.35. The number of ether oxygens (including phenoxy) is 2. The van der Waals surface area contributed by atoms with Crippen molar-refractivity contribution in [2.45, 2.75) is 13.3 Å². The molecule has 0 unspecified atom stereocenters. The van der Waals surface area contributed by atoms with Gasteiger partial charge in [0.05, 0.1) is 18.6 Å². The molecule has 0 radical (unpaired) electrons. The third kappa shape index (κ3) is 3.92. The highest BCUT2D eigenvalue weighted by Gasteiger charge is 2.13. The van der Waals surface area contributed by atoms with Crippen LogP contribution in [0.25, 0.3) is 0 Å². The van der Waals surface area contributed by atoms with E-state index in [2.05, 4.69) is 0 Å². The molecule has 5 nitrogen and oxygen atoms in total. The van der Waals surface area contributed by atoms with E-state index >= 15 is 0 Å². The summed E-state index contributed by atoms with van der Waals surface area (Å²) in [6, 6.07) is 3.89. The quantitative estimate of drug-likeness (QED) is 0.505. The van der Waals surface area contributed by atoms with Crippen molar-refractivity contribution in [1.82, 2.24) is 0 Å². The first kappa shape index (κ1) is 14.3. The van der Waals surface area contributed by atoms with Crippen LogP contribution in [0, 0.1) is 0 Å². The molecule has 0 heterocycles. The Balaban J connectivity index is 2.87. The normalized spacial score (nSPS) is 9.89. The Labute approximate surface area is 109 Å². The van der Waals surface area contributed by atoms with Gasteiger partial charge in [-0.15, -0.1) is 11.6 Å².